The van der Waals surface area contributed by atoms with Gasteiger partial charge in [-0.15, -0.1) is 5.10 Å². The standard InChI is InChI=1S/C27H30ClF2N9O4/c28-16-3-4-20(43-27(29)30)18(13-16)23-19(34-26(42)22-24(31)36-39-9-1-7-33-25(22)39)14-38(35-23)15-21(41)37-10-5-17(6-11-37)32-8-2-12-40/h1,3-4,7,9,13-14,17,27,32,40H,2,5-6,8,10-12,15H2,(H2,31,36)(H,34,42). The minimum Gasteiger partial charge on any atom is -0.434 e. The number of hydrogen-bond acceptors (Lipinski definition) is 9. The summed E-state index contributed by atoms with van der Waals surface area (Å²) in [6, 6.07) is 5.91. The lowest BCUT2D eigenvalue weighted by atomic mass is 10.0. The number of amides is 2. The third-order valence-electron chi connectivity index (χ3n) is 6.98. The molecule has 3 aromatic heterocycles. The van der Waals surface area contributed by atoms with Gasteiger partial charge in [-0.2, -0.15) is 13.9 Å². The number of alkyl halides is 2. The maximum atomic E-state index is 13.4. The van der Waals surface area contributed by atoms with E-state index in [4.69, 9.17) is 27.2 Å². The Kier molecular flexibility index (Phi) is 9.33. The van der Waals surface area contributed by atoms with Crippen LogP contribution < -0.4 is 21.1 Å². The van der Waals surface area contributed by atoms with Gasteiger partial charge in [-0.25, -0.2) is 9.50 Å². The fraction of sp³-hybridized carbons (Fsp3) is 0.370. The maximum absolute atomic E-state index is 13.4. The van der Waals surface area contributed by atoms with Crippen LogP contribution >= 0.6 is 11.6 Å². The molecule has 1 aromatic carbocycles. The van der Waals surface area contributed by atoms with Crippen LogP contribution in [0.4, 0.5) is 20.3 Å². The number of aromatic nitrogens is 5. The molecule has 0 radical (unpaired) electrons. The molecule has 1 aliphatic heterocycles. The van der Waals surface area contributed by atoms with Gasteiger partial charge in [0.05, 0.1) is 5.69 Å². The summed E-state index contributed by atoms with van der Waals surface area (Å²) in [5.41, 5.74) is 6.45. The number of fused-ring (bicyclic) bond motifs is 1. The van der Waals surface area contributed by atoms with Crippen LogP contribution in [0, 0.1) is 0 Å². The molecule has 16 heteroatoms. The van der Waals surface area contributed by atoms with E-state index in [1.54, 1.807) is 17.2 Å². The highest BCUT2D eigenvalue weighted by atomic mass is 35.5. The summed E-state index contributed by atoms with van der Waals surface area (Å²) in [5.74, 6) is -1.17. The Morgan fingerprint density at radius 1 is 1.23 bits per heavy atom. The topological polar surface area (TPSA) is 165 Å². The molecule has 0 atom stereocenters. The number of anilines is 2. The number of benzene rings is 1. The Morgan fingerprint density at radius 2 is 2.02 bits per heavy atom. The van der Waals surface area contributed by atoms with E-state index in [2.05, 4.69) is 25.8 Å². The average Bonchev–Trinajstić information content (AvgIpc) is 3.53. The summed E-state index contributed by atoms with van der Waals surface area (Å²) in [4.78, 5) is 32.5. The van der Waals surface area contributed by atoms with Gasteiger partial charge in [-0.05, 0) is 50.1 Å². The molecule has 4 aromatic rings. The van der Waals surface area contributed by atoms with E-state index in [1.165, 1.54) is 39.8 Å². The van der Waals surface area contributed by atoms with Gasteiger partial charge in [0, 0.05) is 54.9 Å². The number of carbonyl (C=O) groups excluding carboxylic acids is 2. The molecule has 43 heavy (non-hydrogen) atoms. The predicted molar refractivity (Wildman–Crippen MR) is 154 cm³/mol. The fourth-order valence-electron chi connectivity index (χ4n) is 4.94. The van der Waals surface area contributed by atoms with Crippen LogP contribution in [0.1, 0.15) is 29.6 Å². The highest BCUT2D eigenvalue weighted by Crippen LogP contribution is 2.37. The summed E-state index contributed by atoms with van der Waals surface area (Å²) < 4.78 is 33.9. The van der Waals surface area contributed by atoms with Crippen molar-refractivity contribution in [3.05, 3.63) is 53.4 Å². The second-order valence-electron chi connectivity index (χ2n) is 9.90. The molecule has 5 N–H and O–H groups in total. The number of nitrogens with one attached hydrogen (secondary N) is 2. The largest absolute Gasteiger partial charge is 0.434 e. The molecule has 0 bridgehead atoms. The monoisotopic (exact) mass is 617 g/mol. The number of carbonyl (C=O) groups is 2. The molecule has 1 aliphatic rings. The number of aliphatic hydroxyl groups excluding tert-OH is 1. The molecule has 0 unspecified atom stereocenters. The number of nitrogen functional groups attached to an aromatic ring is 1. The number of likely N-dealkylation sites (tertiary alicyclic amines) is 1. The first-order chi connectivity index (χ1) is 20.7. The number of nitrogens with two attached hydrogens (primary N) is 1. The Morgan fingerprint density at radius 3 is 2.77 bits per heavy atom. The van der Waals surface area contributed by atoms with Crippen molar-refractivity contribution in [2.24, 2.45) is 0 Å². The Bertz CT molecular complexity index is 1600. The molecule has 228 valence electrons. The van der Waals surface area contributed by atoms with E-state index in [0.717, 1.165) is 12.8 Å². The second kappa shape index (κ2) is 13.3. The Hall–Kier alpha value is -4.34. The van der Waals surface area contributed by atoms with Crippen LogP contribution in [-0.2, 0) is 11.3 Å². The highest BCUT2D eigenvalue weighted by molar-refractivity contribution is 6.31. The van der Waals surface area contributed by atoms with Crippen LogP contribution in [0.3, 0.4) is 0 Å². The van der Waals surface area contributed by atoms with Gasteiger partial charge >= 0.3 is 6.61 Å². The predicted octanol–water partition coefficient (Wildman–Crippen LogP) is 2.65. The maximum Gasteiger partial charge on any atom is 0.387 e. The van der Waals surface area contributed by atoms with Gasteiger partial charge in [0.2, 0.25) is 5.91 Å². The molecular weight excluding hydrogens is 588 g/mol. The van der Waals surface area contributed by atoms with Crippen LogP contribution in [0.5, 0.6) is 5.75 Å². The Labute approximate surface area is 249 Å². The summed E-state index contributed by atoms with van der Waals surface area (Å²) in [7, 11) is 0. The van der Waals surface area contributed by atoms with Gasteiger partial charge in [0.25, 0.3) is 5.91 Å². The zero-order valence-electron chi connectivity index (χ0n) is 22.9. The molecular formula is C27H30ClF2N9O4. The number of halogens is 3. The molecule has 2 amide bonds. The third-order valence-corrected chi connectivity index (χ3v) is 7.22. The van der Waals surface area contributed by atoms with Crippen molar-refractivity contribution >= 4 is 40.6 Å². The highest BCUT2D eigenvalue weighted by Gasteiger charge is 2.26. The van der Waals surface area contributed by atoms with Crippen molar-refractivity contribution in [2.45, 2.75) is 38.5 Å². The van der Waals surface area contributed by atoms with Crippen LogP contribution in [0.15, 0.2) is 42.9 Å². The zero-order valence-corrected chi connectivity index (χ0v) is 23.7. The quantitative estimate of drug-likeness (QED) is 0.185. The van der Waals surface area contributed by atoms with Gasteiger partial charge < -0.3 is 31.1 Å². The number of ether oxygens (including phenoxy) is 1. The van der Waals surface area contributed by atoms with E-state index >= 15 is 0 Å². The minimum atomic E-state index is -3.13. The normalized spacial score (nSPS) is 14.0. The Balaban J connectivity index is 1.42. The lowest BCUT2D eigenvalue weighted by Gasteiger charge is -2.32. The van der Waals surface area contributed by atoms with Crippen molar-refractivity contribution in [2.75, 3.05) is 37.3 Å². The van der Waals surface area contributed by atoms with Gasteiger partial charge in [0.1, 0.15) is 23.6 Å². The number of nitrogens with zero attached hydrogens (tertiary/aromatic N) is 6. The summed E-state index contributed by atoms with van der Waals surface area (Å²) in [6.07, 6.45) is 6.67. The van der Waals surface area contributed by atoms with Crippen molar-refractivity contribution in [3.63, 3.8) is 0 Å². The van der Waals surface area contributed by atoms with Crippen LogP contribution in [0.25, 0.3) is 16.9 Å². The summed E-state index contributed by atoms with van der Waals surface area (Å²) in [5, 5.41) is 23.9. The summed E-state index contributed by atoms with van der Waals surface area (Å²) >= 11 is 6.19. The first-order valence-corrected chi connectivity index (χ1v) is 14.0. The molecule has 13 nitrogen and oxygen atoms in total. The SMILES string of the molecule is Nc1nn2cccnc2c1C(=O)Nc1cn(CC(=O)N2CCC(NCCCO)CC2)nc1-c1cc(Cl)ccc1OC(F)F. The molecule has 0 aliphatic carbocycles. The number of aliphatic hydroxyl groups is 1. The van der Waals surface area contributed by atoms with E-state index < -0.39 is 12.5 Å². The minimum absolute atomic E-state index is 0.000920. The van der Waals surface area contributed by atoms with Gasteiger partial charge in [-0.3, -0.25) is 14.3 Å². The molecule has 1 fully saturated rings. The van der Waals surface area contributed by atoms with E-state index in [9.17, 15) is 18.4 Å². The number of piperidine rings is 1. The first-order valence-electron chi connectivity index (χ1n) is 13.6. The molecule has 4 heterocycles. The first kappa shape index (κ1) is 30.1. The number of rotatable bonds is 11. The van der Waals surface area contributed by atoms with Crippen molar-refractivity contribution < 1.29 is 28.2 Å². The second-order valence-corrected chi connectivity index (χ2v) is 10.3. The fourth-order valence-corrected chi connectivity index (χ4v) is 5.11. The third kappa shape index (κ3) is 7.01. The van der Waals surface area contributed by atoms with Crippen LogP contribution in [0.2, 0.25) is 5.02 Å². The molecule has 0 spiro atoms. The van der Waals surface area contributed by atoms with Crippen molar-refractivity contribution in [1.29, 1.82) is 0 Å². The zero-order chi connectivity index (χ0) is 30.5. The molecule has 0 saturated carbocycles. The van der Waals surface area contributed by atoms with Gasteiger partial charge in [0.15, 0.2) is 11.5 Å². The lowest BCUT2D eigenvalue weighted by molar-refractivity contribution is -0.133. The van der Waals surface area contributed by atoms with Crippen molar-refractivity contribution in [3.8, 4) is 17.0 Å². The van der Waals surface area contributed by atoms with Crippen LogP contribution in [-0.4, -0.2) is 85.1 Å². The van der Waals surface area contributed by atoms with Crippen molar-refractivity contribution in [1.82, 2.24) is 34.6 Å². The number of hydrogen-bond donors (Lipinski definition) is 4. The lowest BCUT2D eigenvalue weighted by Crippen LogP contribution is -2.46. The molecule has 1 saturated heterocycles. The smallest absolute Gasteiger partial charge is 0.387 e. The van der Waals surface area contributed by atoms with Gasteiger partial charge in [-0.1, -0.05) is 11.6 Å². The average molecular weight is 618 g/mol. The molecule has 5 rings (SSSR count). The summed E-state index contributed by atoms with van der Waals surface area (Å²) in [6.45, 7) is -1.40. The van der Waals surface area contributed by atoms with E-state index in [-0.39, 0.29) is 69.8 Å². The van der Waals surface area contributed by atoms with E-state index in [1.807, 2.05) is 0 Å². The van der Waals surface area contributed by atoms with E-state index in [0.29, 0.717) is 26.1 Å².